The summed E-state index contributed by atoms with van der Waals surface area (Å²) in [4.78, 5) is 0. The van der Waals surface area contributed by atoms with Crippen molar-refractivity contribution in [3.05, 3.63) is 29.3 Å². The molecule has 1 aliphatic heterocycles. The monoisotopic (exact) mass is 259 g/mol. The van der Waals surface area contributed by atoms with E-state index in [1.54, 1.807) is 7.11 Å². The minimum Gasteiger partial charge on any atom is -0.496 e. The van der Waals surface area contributed by atoms with Gasteiger partial charge in [-0.3, -0.25) is 0 Å². The lowest BCUT2D eigenvalue weighted by molar-refractivity contribution is 0.401. The lowest BCUT2D eigenvalue weighted by Gasteiger charge is -2.27. The van der Waals surface area contributed by atoms with Gasteiger partial charge in [0.25, 0.3) is 0 Å². The summed E-state index contributed by atoms with van der Waals surface area (Å²) < 4.78 is 5.59. The van der Waals surface area contributed by atoms with Crippen molar-refractivity contribution in [2.24, 2.45) is 0 Å². The van der Waals surface area contributed by atoms with E-state index in [2.05, 4.69) is 30.4 Å². The van der Waals surface area contributed by atoms with Gasteiger partial charge in [-0.2, -0.15) is 0 Å². The van der Waals surface area contributed by atoms with Gasteiger partial charge >= 0.3 is 0 Å². The third-order valence-electron chi connectivity index (χ3n) is 5.03. The molecule has 2 aliphatic rings. The van der Waals surface area contributed by atoms with Crippen LogP contribution in [0.1, 0.15) is 62.5 Å². The van der Waals surface area contributed by atoms with Crippen molar-refractivity contribution >= 4 is 0 Å². The Morgan fingerprint density at radius 2 is 2.00 bits per heavy atom. The van der Waals surface area contributed by atoms with Gasteiger partial charge in [0, 0.05) is 5.54 Å². The van der Waals surface area contributed by atoms with E-state index in [1.165, 1.54) is 49.7 Å². The van der Waals surface area contributed by atoms with Crippen LogP contribution in [0.3, 0.4) is 0 Å². The molecule has 1 N–H and O–H groups in total. The first kappa shape index (κ1) is 13.0. The van der Waals surface area contributed by atoms with E-state index in [4.69, 9.17) is 4.74 Å². The van der Waals surface area contributed by atoms with E-state index >= 15 is 0 Å². The molecule has 19 heavy (non-hydrogen) atoms. The van der Waals surface area contributed by atoms with E-state index < -0.39 is 0 Å². The van der Waals surface area contributed by atoms with Gasteiger partial charge in [-0.1, -0.05) is 18.9 Å². The molecule has 1 aliphatic carbocycles. The van der Waals surface area contributed by atoms with Gasteiger partial charge < -0.3 is 10.1 Å². The predicted octanol–water partition coefficient (Wildman–Crippen LogP) is 3.95. The van der Waals surface area contributed by atoms with E-state index in [1.807, 2.05) is 0 Å². The maximum absolute atomic E-state index is 5.59. The van der Waals surface area contributed by atoms with Crippen molar-refractivity contribution in [1.29, 1.82) is 0 Å². The van der Waals surface area contributed by atoms with Crippen LogP contribution in [-0.4, -0.2) is 13.7 Å². The van der Waals surface area contributed by atoms with Crippen LogP contribution in [0.25, 0.3) is 0 Å². The molecule has 1 aromatic rings. The summed E-state index contributed by atoms with van der Waals surface area (Å²) in [6.07, 6.45) is 7.90. The Kier molecular flexibility index (Phi) is 3.53. The van der Waals surface area contributed by atoms with Crippen LogP contribution in [0.2, 0.25) is 0 Å². The van der Waals surface area contributed by atoms with Crippen molar-refractivity contribution in [3.63, 3.8) is 0 Å². The van der Waals surface area contributed by atoms with Crippen LogP contribution in [0.5, 0.6) is 5.75 Å². The average molecular weight is 259 g/mol. The minimum atomic E-state index is 0.166. The Morgan fingerprint density at radius 3 is 2.63 bits per heavy atom. The molecule has 1 heterocycles. The molecule has 3 rings (SSSR count). The molecule has 0 radical (unpaired) electrons. The summed E-state index contributed by atoms with van der Waals surface area (Å²) in [5.74, 6) is 1.79. The first-order valence-electron chi connectivity index (χ1n) is 7.66. The fourth-order valence-electron chi connectivity index (χ4n) is 3.77. The molecule has 2 nitrogen and oxygen atoms in total. The molecule has 0 aromatic heterocycles. The van der Waals surface area contributed by atoms with Crippen molar-refractivity contribution in [2.45, 2.75) is 56.9 Å². The second kappa shape index (κ2) is 5.16. The summed E-state index contributed by atoms with van der Waals surface area (Å²) in [5.41, 5.74) is 3.04. The fraction of sp³-hybridized carbons (Fsp3) is 0.647. The largest absolute Gasteiger partial charge is 0.496 e. The van der Waals surface area contributed by atoms with Crippen LogP contribution < -0.4 is 10.1 Å². The number of ether oxygens (including phenoxy) is 1. The van der Waals surface area contributed by atoms with Crippen LogP contribution >= 0.6 is 0 Å². The van der Waals surface area contributed by atoms with Crippen LogP contribution in [0, 0.1) is 0 Å². The Morgan fingerprint density at radius 1 is 1.21 bits per heavy atom. The lowest BCUT2D eigenvalue weighted by Crippen LogP contribution is -2.33. The van der Waals surface area contributed by atoms with Crippen LogP contribution in [0.4, 0.5) is 0 Å². The summed E-state index contributed by atoms with van der Waals surface area (Å²) >= 11 is 0. The Balaban J connectivity index is 1.96. The van der Waals surface area contributed by atoms with Gasteiger partial charge in [-0.25, -0.2) is 0 Å². The zero-order chi connectivity index (χ0) is 13.3. The van der Waals surface area contributed by atoms with E-state index in [0.29, 0.717) is 5.92 Å². The molecule has 0 bridgehead atoms. The molecule has 2 heteroatoms. The SMILES string of the molecule is COc1ccc(C2(C)CCCN2)cc1C1CCCC1. The molecule has 2 fully saturated rings. The van der Waals surface area contributed by atoms with Gasteiger partial charge in [0.1, 0.15) is 5.75 Å². The van der Waals surface area contributed by atoms with Crippen molar-refractivity contribution in [3.8, 4) is 5.75 Å². The Labute approximate surface area is 116 Å². The summed E-state index contributed by atoms with van der Waals surface area (Å²) in [6, 6.07) is 6.83. The highest BCUT2D eigenvalue weighted by molar-refractivity contribution is 5.42. The molecule has 1 aromatic carbocycles. The number of nitrogens with one attached hydrogen (secondary N) is 1. The highest BCUT2D eigenvalue weighted by Crippen LogP contribution is 2.41. The van der Waals surface area contributed by atoms with Gasteiger partial charge in [-0.15, -0.1) is 0 Å². The molecule has 1 atom stereocenters. The standard InChI is InChI=1S/C17H25NO/c1-17(10-5-11-18-17)14-8-9-16(19-2)15(12-14)13-6-3-4-7-13/h8-9,12-13,18H,3-7,10-11H2,1-2H3. The van der Waals surface area contributed by atoms with Gasteiger partial charge in [0.05, 0.1) is 7.11 Å². The van der Waals surface area contributed by atoms with E-state index in [9.17, 15) is 0 Å². The third kappa shape index (κ3) is 2.38. The highest BCUT2D eigenvalue weighted by atomic mass is 16.5. The van der Waals surface area contributed by atoms with Crippen molar-refractivity contribution in [1.82, 2.24) is 5.32 Å². The topological polar surface area (TPSA) is 21.3 Å². The number of benzene rings is 1. The van der Waals surface area contributed by atoms with Crippen LogP contribution in [0.15, 0.2) is 18.2 Å². The molecule has 1 saturated carbocycles. The van der Waals surface area contributed by atoms with Crippen molar-refractivity contribution in [2.75, 3.05) is 13.7 Å². The average Bonchev–Trinajstić information content (AvgIpc) is 3.10. The summed E-state index contributed by atoms with van der Waals surface area (Å²) in [7, 11) is 1.79. The lowest BCUT2D eigenvalue weighted by atomic mass is 9.86. The van der Waals surface area contributed by atoms with Gasteiger partial charge in [0.15, 0.2) is 0 Å². The second-order valence-electron chi connectivity index (χ2n) is 6.30. The Hall–Kier alpha value is -1.02. The molecule has 1 saturated heterocycles. The maximum Gasteiger partial charge on any atom is 0.122 e. The van der Waals surface area contributed by atoms with E-state index in [0.717, 1.165) is 12.3 Å². The second-order valence-corrected chi connectivity index (χ2v) is 6.30. The summed E-state index contributed by atoms with van der Waals surface area (Å²) in [5, 5.41) is 3.66. The molecule has 0 amide bonds. The third-order valence-corrected chi connectivity index (χ3v) is 5.03. The number of hydrogen-bond donors (Lipinski definition) is 1. The molecule has 1 unspecified atom stereocenters. The zero-order valence-electron chi connectivity index (χ0n) is 12.2. The first-order chi connectivity index (χ1) is 9.23. The number of hydrogen-bond acceptors (Lipinski definition) is 2. The van der Waals surface area contributed by atoms with E-state index in [-0.39, 0.29) is 5.54 Å². The van der Waals surface area contributed by atoms with Crippen LogP contribution in [-0.2, 0) is 5.54 Å². The summed E-state index contributed by atoms with van der Waals surface area (Å²) in [6.45, 7) is 3.47. The number of rotatable bonds is 3. The normalized spacial score (nSPS) is 27.9. The maximum atomic E-state index is 5.59. The fourth-order valence-corrected chi connectivity index (χ4v) is 3.77. The highest BCUT2D eigenvalue weighted by Gasteiger charge is 2.31. The number of methoxy groups -OCH3 is 1. The quantitative estimate of drug-likeness (QED) is 0.887. The van der Waals surface area contributed by atoms with Gasteiger partial charge in [-0.05, 0) is 68.3 Å². The van der Waals surface area contributed by atoms with Gasteiger partial charge in [0.2, 0.25) is 0 Å². The molecule has 0 spiro atoms. The minimum absolute atomic E-state index is 0.166. The predicted molar refractivity (Wildman–Crippen MR) is 78.8 cm³/mol. The first-order valence-corrected chi connectivity index (χ1v) is 7.66. The molecular weight excluding hydrogens is 234 g/mol. The molecule has 104 valence electrons. The smallest absolute Gasteiger partial charge is 0.122 e. The van der Waals surface area contributed by atoms with Crippen molar-refractivity contribution < 1.29 is 4.74 Å². The zero-order valence-corrected chi connectivity index (χ0v) is 12.2. The molecular formula is C17H25NO. The Bertz CT molecular complexity index is 443.